The lowest BCUT2D eigenvalue weighted by molar-refractivity contribution is 0.104. The predicted octanol–water partition coefficient (Wildman–Crippen LogP) is 4.81. The topological polar surface area (TPSA) is 9.23 Å². The Labute approximate surface area is 118 Å². The molecule has 0 N–H and O–H groups in total. The molecule has 0 aliphatic carbocycles. The molecule has 0 saturated heterocycles. The molecule has 0 fully saturated rings. The fourth-order valence-electron chi connectivity index (χ4n) is 1.94. The summed E-state index contributed by atoms with van der Waals surface area (Å²) in [6, 6.07) is 10.8. The molecule has 0 unspecified atom stereocenters. The van der Waals surface area contributed by atoms with Crippen molar-refractivity contribution in [2.24, 2.45) is 0 Å². The largest absolute Gasteiger partial charge is 0.372 e. The summed E-state index contributed by atoms with van der Waals surface area (Å²) in [7, 11) is 0. The average Bonchev–Trinajstić information content (AvgIpc) is 2.35. The van der Waals surface area contributed by atoms with Crippen molar-refractivity contribution in [3.63, 3.8) is 0 Å². The third-order valence-electron chi connectivity index (χ3n) is 3.06. The van der Waals surface area contributed by atoms with E-state index >= 15 is 0 Å². The van der Waals surface area contributed by atoms with Crippen molar-refractivity contribution in [3.05, 3.63) is 69.5 Å². The summed E-state index contributed by atoms with van der Waals surface area (Å²) in [5, 5.41) is 0.403. The molecule has 0 aromatic heterocycles. The lowest BCUT2D eigenvalue weighted by Gasteiger charge is -2.09. The van der Waals surface area contributed by atoms with Crippen molar-refractivity contribution in [3.8, 4) is 0 Å². The average molecular weight is 279 g/mol. The van der Waals surface area contributed by atoms with Crippen molar-refractivity contribution in [2.45, 2.75) is 27.1 Å². The van der Waals surface area contributed by atoms with E-state index in [0.717, 1.165) is 5.56 Å². The Morgan fingerprint density at radius 3 is 2.58 bits per heavy atom. The van der Waals surface area contributed by atoms with Gasteiger partial charge in [-0.15, -0.1) is 0 Å². The first-order valence-electron chi connectivity index (χ1n) is 6.14. The van der Waals surface area contributed by atoms with Gasteiger partial charge in [-0.1, -0.05) is 41.4 Å². The highest BCUT2D eigenvalue weighted by molar-refractivity contribution is 6.31. The lowest BCUT2D eigenvalue weighted by atomic mass is 10.1. The van der Waals surface area contributed by atoms with E-state index in [4.69, 9.17) is 16.3 Å². The van der Waals surface area contributed by atoms with E-state index in [1.807, 2.05) is 19.1 Å². The molecular formula is C16H16ClFO. The van der Waals surface area contributed by atoms with Crippen molar-refractivity contribution in [1.82, 2.24) is 0 Å². The van der Waals surface area contributed by atoms with Crippen LogP contribution in [0, 0.1) is 19.7 Å². The Bertz CT molecular complexity index is 561. The number of halogens is 2. The van der Waals surface area contributed by atoms with Crippen LogP contribution in [-0.2, 0) is 18.0 Å². The summed E-state index contributed by atoms with van der Waals surface area (Å²) in [5.41, 5.74) is 3.92. The highest BCUT2D eigenvalue weighted by Gasteiger charge is 2.07. The molecule has 19 heavy (non-hydrogen) atoms. The van der Waals surface area contributed by atoms with Crippen LogP contribution in [0.15, 0.2) is 36.4 Å². The Balaban J connectivity index is 2.00. The first-order chi connectivity index (χ1) is 9.08. The van der Waals surface area contributed by atoms with Gasteiger partial charge in [0.2, 0.25) is 0 Å². The van der Waals surface area contributed by atoms with Gasteiger partial charge in [0.05, 0.1) is 13.2 Å². The molecule has 0 aliphatic rings. The maximum Gasteiger partial charge on any atom is 0.130 e. The second-order valence-corrected chi connectivity index (χ2v) is 5.03. The fourth-order valence-corrected chi connectivity index (χ4v) is 2.16. The molecule has 100 valence electrons. The normalized spacial score (nSPS) is 10.7. The molecule has 0 saturated carbocycles. The number of rotatable bonds is 4. The van der Waals surface area contributed by atoms with Crippen LogP contribution in [0.3, 0.4) is 0 Å². The molecule has 1 nitrogen and oxygen atoms in total. The predicted molar refractivity (Wildman–Crippen MR) is 75.8 cm³/mol. The van der Waals surface area contributed by atoms with Gasteiger partial charge in [0.1, 0.15) is 5.82 Å². The molecule has 3 heteroatoms. The van der Waals surface area contributed by atoms with E-state index in [0.29, 0.717) is 17.2 Å². The number of aryl methyl sites for hydroxylation is 2. The molecule has 2 rings (SSSR count). The smallest absolute Gasteiger partial charge is 0.130 e. The molecule has 2 aromatic rings. The summed E-state index contributed by atoms with van der Waals surface area (Å²) in [6.45, 7) is 4.73. The number of hydrogen-bond donors (Lipinski definition) is 0. The van der Waals surface area contributed by atoms with Crippen LogP contribution >= 0.6 is 11.6 Å². The first-order valence-corrected chi connectivity index (χ1v) is 6.52. The maximum atomic E-state index is 13.5. The quantitative estimate of drug-likeness (QED) is 0.780. The third-order valence-corrected chi connectivity index (χ3v) is 3.42. The van der Waals surface area contributed by atoms with Gasteiger partial charge in [-0.2, -0.15) is 0 Å². The summed E-state index contributed by atoms with van der Waals surface area (Å²) in [6.07, 6.45) is 0. The zero-order valence-electron chi connectivity index (χ0n) is 11.0. The van der Waals surface area contributed by atoms with Gasteiger partial charge in [-0.25, -0.2) is 4.39 Å². The van der Waals surface area contributed by atoms with Gasteiger partial charge >= 0.3 is 0 Å². The summed E-state index contributed by atoms with van der Waals surface area (Å²) in [4.78, 5) is 0. The zero-order chi connectivity index (χ0) is 13.8. The Morgan fingerprint density at radius 1 is 1.11 bits per heavy atom. The summed E-state index contributed by atoms with van der Waals surface area (Å²) >= 11 is 5.94. The standard InChI is InChI=1S/C16H16ClFO/c1-11-6-7-13(12(2)8-11)9-19-10-14-15(17)4-3-5-16(14)18/h3-8H,9-10H2,1-2H3. The van der Waals surface area contributed by atoms with Gasteiger partial charge in [-0.3, -0.25) is 0 Å². The molecule has 0 atom stereocenters. The lowest BCUT2D eigenvalue weighted by Crippen LogP contribution is -1.99. The minimum Gasteiger partial charge on any atom is -0.372 e. The van der Waals surface area contributed by atoms with Gasteiger partial charge in [0.25, 0.3) is 0 Å². The van der Waals surface area contributed by atoms with E-state index in [2.05, 4.69) is 13.0 Å². The maximum absolute atomic E-state index is 13.5. The molecule has 2 aromatic carbocycles. The van der Waals surface area contributed by atoms with Crippen LogP contribution in [0.25, 0.3) is 0 Å². The molecular weight excluding hydrogens is 263 g/mol. The Morgan fingerprint density at radius 2 is 1.89 bits per heavy atom. The molecule has 0 heterocycles. The van der Waals surface area contributed by atoms with Gasteiger partial charge in [0, 0.05) is 10.6 Å². The van der Waals surface area contributed by atoms with Crippen LogP contribution in [0.5, 0.6) is 0 Å². The zero-order valence-corrected chi connectivity index (χ0v) is 11.8. The van der Waals surface area contributed by atoms with E-state index in [1.54, 1.807) is 12.1 Å². The van der Waals surface area contributed by atoms with Crippen molar-refractivity contribution in [2.75, 3.05) is 0 Å². The fraction of sp³-hybridized carbons (Fsp3) is 0.250. The molecule has 0 bridgehead atoms. The minimum atomic E-state index is -0.326. The second kappa shape index (κ2) is 6.18. The van der Waals surface area contributed by atoms with Crippen LogP contribution < -0.4 is 0 Å². The SMILES string of the molecule is Cc1ccc(COCc2c(F)cccc2Cl)c(C)c1. The molecule has 0 spiro atoms. The number of benzene rings is 2. The summed E-state index contributed by atoms with van der Waals surface area (Å²) < 4.78 is 19.1. The van der Waals surface area contributed by atoms with Gasteiger partial charge < -0.3 is 4.74 Å². The van der Waals surface area contributed by atoms with Crippen LogP contribution in [-0.4, -0.2) is 0 Å². The monoisotopic (exact) mass is 278 g/mol. The highest BCUT2D eigenvalue weighted by Crippen LogP contribution is 2.20. The molecule has 0 amide bonds. The van der Waals surface area contributed by atoms with Crippen molar-refractivity contribution >= 4 is 11.6 Å². The van der Waals surface area contributed by atoms with Gasteiger partial charge in [-0.05, 0) is 37.1 Å². The van der Waals surface area contributed by atoms with E-state index in [1.165, 1.54) is 17.2 Å². The van der Waals surface area contributed by atoms with E-state index in [9.17, 15) is 4.39 Å². The number of hydrogen-bond acceptors (Lipinski definition) is 1. The van der Waals surface area contributed by atoms with E-state index < -0.39 is 0 Å². The van der Waals surface area contributed by atoms with Crippen molar-refractivity contribution < 1.29 is 9.13 Å². The van der Waals surface area contributed by atoms with Crippen LogP contribution in [0.1, 0.15) is 22.3 Å². The van der Waals surface area contributed by atoms with Crippen LogP contribution in [0.2, 0.25) is 5.02 Å². The highest BCUT2D eigenvalue weighted by atomic mass is 35.5. The van der Waals surface area contributed by atoms with E-state index in [-0.39, 0.29) is 12.4 Å². The minimum absolute atomic E-state index is 0.179. The van der Waals surface area contributed by atoms with Crippen LogP contribution in [0.4, 0.5) is 4.39 Å². The Kier molecular flexibility index (Phi) is 4.56. The molecule has 0 aliphatic heterocycles. The Hall–Kier alpha value is -1.38. The molecule has 0 radical (unpaired) electrons. The first kappa shape index (κ1) is 14.0. The number of ether oxygens (including phenoxy) is 1. The summed E-state index contributed by atoms with van der Waals surface area (Å²) in [5.74, 6) is -0.326. The second-order valence-electron chi connectivity index (χ2n) is 4.62. The van der Waals surface area contributed by atoms with Gasteiger partial charge in [0.15, 0.2) is 0 Å². The third kappa shape index (κ3) is 3.55. The van der Waals surface area contributed by atoms with Crippen molar-refractivity contribution in [1.29, 1.82) is 0 Å².